The van der Waals surface area contributed by atoms with Crippen LogP contribution < -0.4 is 5.73 Å². The van der Waals surface area contributed by atoms with Gasteiger partial charge in [0.1, 0.15) is 0 Å². The van der Waals surface area contributed by atoms with Crippen LogP contribution >= 0.6 is 11.8 Å². The number of thioether (sulfide) groups is 1. The number of rotatable bonds is 3. The van der Waals surface area contributed by atoms with Crippen LogP contribution in [0.25, 0.3) is 6.08 Å². The van der Waals surface area contributed by atoms with Crippen LogP contribution in [-0.2, 0) is 0 Å². The van der Waals surface area contributed by atoms with Gasteiger partial charge in [0.2, 0.25) is 0 Å². The monoisotopic (exact) mass is 293 g/mol. The van der Waals surface area contributed by atoms with E-state index >= 15 is 0 Å². The van der Waals surface area contributed by atoms with E-state index in [4.69, 9.17) is 0 Å². The van der Waals surface area contributed by atoms with Crippen LogP contribution in [0.2, 0.25) is 0 Å². The van der Waals surface area contributed by atoms with E-state index in [1.54, 1.807) is 0 Å². The molecular formula is C18H31NS. The molecule has 0 atom stereocenters. The van der Waals surface area contributed by atoms with Crippen LogP contribution in [0, 0.1) is 0 Å². The van der Waals surface area contributed by atoms with Crippen molar-refractivity contribution in [3.8, 4) is 0 Å². The first kappa shape index (κ1) is 19.3. The minimum absolute atomic E-state index is 0.652. The molecule has 0 radical (unpaired) electrons. The van der Waals surface area contributed by atoms with Crippen molar-refractivity contribution in [3.05, 3.63) is 36.4 Å². The Balaban J connectivity index is 0.000000377. The van der Waals surface area contributed by atoms with Gasteiger partial charge >= 0.3 is 0 Å². The van der Waals surface area contributed by atoms with Crippen molar-refractivity contribution in [2.75, 3.05) is 7.05 Å². The van der Waals surface area contributed by atoms with Crippen LogP contribution in [-0.4, -0.2) is 12.3 Å². The van der Waals surface area contributed by atoms with Crippen molar-refractivity contribution in [2.24, 2.45) is 5.73 Å². The third-order valence-corrected chi connectivity index (χ3v) is 4.00. The minimum atomic E-state index is 0.652. The predicted molar refractivity (Wildman–Crippen MR) is 95.3 cm³/mol. The average Bonchev–Trinajstić information content (AvgIpc) is 2.52. The van der Waals surface area contributed by atoms with E-state index in [2.05, 4.69) is 50.4 Å². The largest absolute Gasteiger partial charge is 0.333 e. The Kier molecular flexibility index (Phi) is 12.8. The molecule has 2 heteroatoms. The third kappa shape index (κ3) is 10.1. The molecule has 1 saturated carbocycles. The van der Waals surface area contributed by atoms with E-state index in [0.717, 1.165) is 0 Å². The molecule has 2 rings (SSSR count). The third-order valence-electron chi connectivity index (χ3n) is 2.99. The zero-order valence-electron chi connectivity index (χ0n) is 13.4. The molecule has 1 aliphatic carbocycles. The Morgan fingerprint density at radius 2 is 1.35 bits per heavy atom. The predicted octanol–water partition coefficient (Wildman–Crippen LogP) is 5.75. The van der Waals surface area contributed by atoms with Gasteiger partial charge in [0, 0.05) is 10.1 Å². The average molecular weight is 294 g/mol. The fourth-order valence-corrected chi connectivity index (χ4v) is 2.85. The van der Waals surface area contributed by atoms with Crippen LogP contribution in [0.3, 0.4) is 0 Å². The Bertz CT molecular complexity index is 314. The highest BCUT2D eigenvalue weighted by molar-refractivity contribution is 7.99. The summed E-state index contributed by atoms with van der Waals surface area (Å²) in [7, 11) is 1.50. The van der Waals surface area contributed by atoms with E-state index in [1.807, 2.05) is 17.8 Å². The molecule has 1 nitrogen and oxygen atoms in total. The van der Waals surface area contributed by atoms with Gasteiger partial charge in [0.15, 0.2) is 0 Å². The van der Waals surface area contributed by atoms with Crippen molar-refractivity contribution >= 4 is 17.8 Å². The van der Waals surface area contributed by atoms with Crippen LogP contribution in [0.1, 0.15) is 57.9 Å². The summed E-state index contributed by atoms with van der Waals surface area (Å²) in [5.74, 6) is 0. The van der Waals surface area contributed by atoms with Gasteiger partial charge in [-0.25, -0.2) is 0 Å². The van der Waals surface area contributed by atoms with Crippen molar-refractivity contribution in [2.45, 2.75) is 62.5 Å². The quantitative estimate of drug-likeness (QED) is 0.718. The Morgan fingerprint density at radius 1 is 0.950 bits per heavy atom. The highest BCUT2D eigenvalue weighted by Gasteiger charge is 1.96. The topological polar surface area (TPSA) is 26.0 Å². The summed E-state index contributed by atoms with van der Waals surface area (Å²) in [4.78, 5) is 1.33. The lowest BCUT2D eigenvalue weighted by molar-refractivity contribution is 0.504. The van der Waals surface area contributed by atoms with Gasteiger partial charge in [-0.3, -0.25) is 0 Å². The second-order valence-corrected chi connectivity index (χ2v) is 6.71. The second-order valence-electron chi connectivity index (χ2n) is 5.06. The lowest BCUT2D eigenvalue weighted by Crippen LogP contribution is -1.85. The molecule has 0 aromatic heterocycles. The molecule has 1 aromatic carbocycles. The molecule has 0 spiro atoms. The maximum absolute atomic E-state index is 4.50. The van der Waals surface area contributed by atoms with E-state index in [9.17, 15) is 0 Å². The maximum atomic E-state index is 4.50. The lowest BCUT2D eigenvalue weighted by Gasteiger charge is -2.05. The Labute approximate surface area is 130 Å². The maximum Gasteiger partial charge on any atom is 0.00749 e. The summed E-state index contributed by atoms with van der Waals surface area (Å²) >= 11 is 1.88. The van der Waals surface area contributed by atoms with Gasteiger partial charge in [0.05, 0.1) is 0 Å². The molecule has 1 aromatic rings. The van der Waals surface area contributed by atoms with Crippen LogP contribution in [0.4, 0.5) is 0 Å². The smallest absolute Gasteiger partial charge is 0.00749 e. The number of hydrogen-bond donors (Lipinski definition) is 1. The number of nitrogens with two attached hydrogens (primary N) is 1. The molecule has 114 valence electrons. The van der Waals surface area contributed by atoms with Crippen molar-refractivity contribution in [3.63, 3.8) is 0 Å². The molecule has 0 bridgehead atoms. The van der Waals surface area contributed by atoms with Crippen LogP contribution in [0.15, 0.2) is 35.7 Å². The first-order valence-corrected chi connectivity index (χ1v) is 8.57. The molecule has 0 saturated heterocycles. The van der Waals surface area contributed by atoms with Crippen molar-refractivity contribution < 1.29 is 0 Å². The van der Waals surface area contributed by atoms with E-state index < -0.39 is 0 Å². The fraction of sp³-hybridized carbons (Fsp3) is 0.556. The molecule has 0 aliphatic heterocycles. The van der Waals surface area contributed by atoms with Gasteiger partial charge < -0.3 is 5.73 Å². The first-order chi connectivity index (χ1) is 9.72. The van der Waals surface area contributed by atoms with Crippen molar-refractivity contribution in [1.82, 2.24) is 0 Å². The summed E-state index contributed by atoms with van der Waals surface area (Å²) in [6.07, 6.45) is 10.9. The fourth-order valence-electron chi connectivity index (χ4n) is 2.02. The Hall–Kier alpha value is -0.730. The second kappa shape index (κ2) is 13.3. The normalized spacial score (nSPS) is 13.7. The molecule has 20 heavy (non-hydrogen) atoms. The van der Waals surface area contributed by atoms with Gasteiger partial charge in [-0.2, -0.15) is 0 Å². The summed E-state index contributed by atoms with van der Waals surface area (Å²) in [6.45, 7) is 8.12. The SMILES string of the molecule is C1CCCCC1.C=Cc1ccc(SC(C)C)cc1.CN. The highest BCUT2D eigenvalue weighted by Crippen LogP contribution is 2.22. The molecule has 0 heterocycles. The standard InChI is InChI=1S/C11H14S.C6H12.CH5N/c1-4-10-5-7-11(8-6-10)12-9(2)3;1-2-4-6-5-3-1;1-2/h4-9H,1H2,2-3H3;1-6H2;2H2,1H3. The summed E-state index contributed by atoms with van der Waals surface area (Å²) < 4.78 is 0. The molecular weight excluding hydrogens is 262 g/mol. The van der Waals surface area contributed by atoms with Gasteiger partial charge in [-0.05, 0) is 24.7 Å². The summed E-state index contributed by atoms with van der Waals surface area (Å²) in [6, 6.07) is 8.47. The molecule has 0 unspecified atom stereocenters. The number of benzene rings is 1. The van der Waals surface area contributed by atoms with E-state index in [0.29, 0.717) is 5.25 Å². The lowest BCUT2D eigenvalue weighted by atomic mass is 10.0. The van der Waals surface area contributed by atoms with E-state index in [-0.39, 0.29) is 0 Å². The van der Waals surface area contributed by atoms with Gasteiger partial charge in [-0.15, -0.1) is 11.8 Å². The zero-order chi connectivity index (χ0) is 15.2. The molecule has 2 N–H and O–H groups in total. The van der Waals surface area contributed by atoms with Gasteiger partial charge in [0.25, 0.3) is 0 Å². The van der Waals surface area contributed by atoms with E-state index in [1.165, 1.54) is 56.0 Å². The Morgan fingerprint density at radius 3 is 1.65 bits per heavy atom. The molecule has 0 amide bonds. The minimum Gasteiger partial charge on any atom is -0.333 e. The van der Waals surface area contributed by atoms with Crippen molar-refractivity contribution in [1.29, 1.82) is 0 Å². The van der Waals surface area contributed by atoms with Crippen LogP contribution in [0.5, 0.6) is 0 Å². The summed E-state index contributed by atoms with van der Waals surface area (Å²) in [5.41, 5.74) is 5.68. The molecule has 1 fully saturated rings. The zero-order valence-corrected chi connectivity index (χ0v) is 14.2. The molecule has 1 aliphatic rings. The first-order valence-electron chi connectivity index (χ1n) is 7.69. The summed E-state index contributed by atoms with van der Waals surface area (Å²) in [5, 5.41) is 0.652. The van der Waals surface area contributed by atoms with Gasteiger partial charge in [-0.1, -0.05) is 77.2 Å². The number of hydrogen-bond acceptors (Lipinski definition) is 2. The highest BCUT2D eigenvalue weighted by atomic mass is 32.2.